The normalized spacial score (nSPS) is 19.7. The molecule has 4 heterocycles. The van der Waals surface area contributed by atoms with Gasteiger partial charge in [0.15, 0.2) is 23.0 Å². The molecule has 4 aromatic carbocycles. The maximum Gasteiger partial charge on any atom is 0.410 e. The number of nitroso groups, excluding NO2 is 1. The maximum absolute atomic E-state index is 13.3. The van der Waals surface area contributed by atoms with Crippen LogP contribution in [0, 0.1) is 22.2 Å². The first kappa shape index (κ1) is 65.9. The van der Waals surface area contributed by atoms with Gasteiger partial charge in [-0.2, -0.15) is 0 Å². The molecule has 0 radical (unpaired) electrons. The van der Waals surface area contributed by atoms with Crippen LogP contribution in [0.2, 0.25) is 10.0 Å². The Morgan fingerprint density at radius 3 is 1.45 bits per heavy atom. The lowest BCUT2D eigenvalue weighted by molar-refractivity contribution is -0.132. The molecule has 0 aromatic heterocycles. The highest BCUT2D eigenvalue weighted by atomic mass is 35.5. The van der Waals surface area contributed by atoms with Crippen LogP contribution >= 0.6 is 23.2 Å². The third-order valence-electron chi connectivity index (χ3n) is 15.4. The first-order valence-corrected chi connectivity index (χ1v) is 29.2. The van der Waals surface area contributed by atoms with Gasteiger partial charge < -0.3 is 59.3 Å². The Morgan fingerprint density at radius 2 is 1.04 bits per heavy atom. The van der Waals surface area contributed by atoms with Crippen LogP contribution in [0.3, 0.4) is 0 Å². The van der Waals surface area contributed by atoms with Crippen LogP contribution < -0.4 is 44.8 Å². The third-order valence-corrected chi connectivity index (χ3v) is 15.9. The summed E-state index contributed by atoms with van der Waals surface area (Å²) in [7, 11) is 9.05. The quantitative estimate of drug-likeness (QED) is 0.0892. The number of methoxy groups -OCH3 is 6. The zero-order valence-corrected chi connectivity index (χ0v) is 52.1. The number of likely N-dealkylation sites (tertiary alicyclic amines) is 4. The number of anilines is 1. The Kier molecular flexibility index (Phi) is 24.2. The second kappa shape index (κ2) is 30.5. The van der Waals surface area contributed by atoms with Crippen molar-refractivity contribution in [2.24, 2.45) is 28.2 Å². The highest BCUT2D eigenvalue weighted by Crippen LogP contribution is 2.42. The van der Waals surface area contributed by atoms with Gasteiger partial charge in [-0.3, -0.25) is 14.6 Å². The van der Waals surface area contributed by atoms with Crippen LogP contribution in [0.15, 0.2) is 78.0 Å². The molecule has 4 aliphatic rings. The second-order valence-electron chi connectivity index (χ2n) is 23.9. The Morgan fingerprint density at radius 1 is 0.602 bits per heavy atom. The van der Waals surface area contributed by atoms with Crippen LogP contribution in [0.4, 0.5) is 21.0 Å². The number of amides is 4. The van der Waals surface area contributed by atoms with Gasteiger partial charge in [-0.1, -0.05) is 68.2 Å². The number of nitrogens with one attached hydrogen (secondary N) is 2. The molecule has 0 spiro atoms. The molecule has 4 aromatic rings. The van der Waals surface area contributed by atoms with Crippen LogP contribution in [0.1, 0.15) is 84.8 Å². The molecule has 4 fully saturated rings. The number of ether oxygens (including phenoxy) is 7. The highest BCUT2D eigenvalue weighted by molar-refractivity contribution is 6.30. The molecule has 4 aliphatic heterocycles. The molecule has 0 bridgehead atoms. The van der Waals surface area contributed by atoms with Crippen molar-refractivity contribution in [2.75, 3.05) is 100 Å². The number of hydrogen-bond acceptors (Lipinski definition) is 15. The zero-order chi connectivity index (χ0) is 60.6. The van der Waals surface area contributed by atoms with Crippen molar-refractivity contribution in [2.45, 2.75) is 116 Å². The molecular weight excluding hydrogens is 1100 g/mol. The van der Waals surface area contributed by atoms with Crippen LogP contribution in [0.5, 0.6) is 34.5 Å². The average Bonchev–Trinajstić information content (AvgIpc) is 4.23. The molecule has 8 rings (SSSR count). The fourth-order valence-electron chi connectivity index (χ4n) is 11.2. The molecule has 19 nitrogen and oxygen atoms in total. The SMILES string of the molecule is CC(C)(C)OC(=O)N1C[C@@H](N)[C@H](N2CCC(Cc3ccc(Cl)cc3)CC2)C1.COc1cc(N=O)cc(OC)c1OC.COc1cc(NC(=O)N[C@@H]2CN(C(=O)CC(C)(C)C)C[C@H]2N2CCC(Cc3ccc(Cl)cc3)CC2)cc(OC)c1OC. The molecule has 4 amide bonds. The number of carbonyl (C=O) groups is 3. The summed E-state index contributed by atoms with van der Waals surface area (Å²) in [6, 6.07) is 22.4. The minimum Gasteiger partial charge on any atom is -0.493 e. The lowest BCUT2D eigenvalue weighted by Crippen LogP contribution is -2.54. The van der Waals surface area contributed by atoms with Crippen molar-refractivity contribution >= 4 is 52.6 Å². The summed E-state index contributed by atoms with van der Waals surface area (Å²) >= 11 is 12.0. The third kappa shape index (κ3) is 19.4. The molecule has 456 valence electrons. The van der Waals surface area contributed by atoms with Gasteiger partial charge in [-0.25, -0.2) is 9.59 Å². The van der Waals surface area contributed by atoms with E-state index in [2.05, 4.69) is 70.6 Å². The van der Waals surface area contributed by atoms with E-state index in [0.717, 1.165) is 74.7 Å². The first-order valence-electron chi connectivity index (χ1n) is 28.5. The fraction of sp³-hybridized carbons (Fsp3) is 0.565. The van der Waals surface area contributed by atoms with Crippen LogP contribution in [-0.2, 0) is 22.4 Å². The molecule has 21 heteroatoms. The smallest absolute Gasteiger partial charge is 0.410 e. The molecule has 83 heavy (non-hydrogen) atoms. The number of benzene rings is 4. The fourth-order valence-corrected chi connectivity index (χ4v) is 11.5. The average molecular weight is 1190 g/mol. The summed E-state index contributed by atoms with van der Waals surface area (Å²) in [5.74, 6) is 4.05. The van der Waals surface area contributed by atoms with Gasteiger partial charge in [0.1, 0.15) is 11.3 Å². The van der Waals surface area contributed by atoms with E-state index in [1.807, 2.05) is 49.9 Å². The van der Waals surface area contributed by atoms with Crippen LogP contribution in [-0.4, -0.2) is 162 Å². The Labute approximate surface area is 501 Å². The predicted octanol–water partition coefficient (Wildman–Crippen LogP) is 11.1. The summed E-state index contributed by atoms with van der Waals surface area (Å²) in [6.07, 6.45) is 6.82. The largest absolute Gasteiger partial charge is 0.493 e. The van der Waals surface area contributed by atoms with Gasteiger partial charge in [0, 0.05) is 85.0 Å². The van der Waals surface area contributed by atoms with Crippen molar-refractivity contribution in [1.82, 2.24) is 24.9 Å². The van der Waals surface area contributed by atoms with E-state index < -0.39 is 5.60 Å². The Hall–Kier alpha value is -6.25. The minimum absolute atomic E-state index is 0.00895. The molecule has 4 saturated heterocycles. The molecular formula is C62H88Cl2N8O11. The Bertz CT molecular complexity index is 2690. The number of urea groups is 1. The molecule has 0 aliphatic carbocycles. The standard InChI is InChI=1S/C32H45ClN4O5.C21H32ClN3O2.C9H11NO4/c1-32(2,3)18-29(38)37-19-25(35-31(39)34-24-16-27(40-4)30(42-6)28(17-24)41-5)26(20-37)36-13-11-22(12-14-36)15-21-7-9-23(33)10-8-21;1-21(2,3)27-20(26)25-13-18(23)19(14-25)24-10-8-16(9-11-24)12-15-4-6-17(22)7-5-15;1-12-7-4-6(10-11)5-8(13-2)9(7)14-3/h7-10,16-17,22,25-26H,11-15,18-20H2,1-6H3,(H2,34,35,39);4-7,16,18-19H,8-14,23H2,1-3H3;4-5H,1-3H3/t25-,26-;18-,19-;/m11./s1. The number of rotatable bonds is 16. The lowest BCUT2D eigenvalue weighted by atomic mass is 9.89. The van der Waals surface area contributed by atoms with Gasteiger partial charge in [0.25, 0.3) is 0 Å². The van der Waals surface area contributed by atoms with Gasteiger partial charge in [0.05, 0.1) is 54.4 Å². The Balaban J connectivity index is 0.000000229. The maximum atomic E-state index is 13.3. The number of piperidine rings is 2. The molecule has 0 saturated carbocycles. The summed E-state index contributed by atoms with van der Waals surface area (Å²) in [5.41, 5.74) is 9.20. The van der Waals surface area contributed by atoms with E-state index in [1.54, 1.807) is 17.0 Å². The first-order chi connectivity index (χ1) is 39.5. The van der Waals surface area contributed by atoms with Gasteiger partial charge in [0.2, 0.25) is 17.4 Å². The lowest BCUT2D eigenvalue weighted by Gasteiger charge is -2.38. The molecule has 4 N–H and O–H groups in total. The van der Waals surface area contributed by atoms with Gasteiger partial charge in [-0.05, 0) is 143 Å². The molecule has 0 unspecified atom stereocenters. The van der Waals surface area contributed by atoms with Crippen LogP contribution in [0.25, 0.3) is 0 Å². The van der Waals surface area contributed by atoms with E-state index in [0.29, 0.717) is 84.6 Å². The van der Waals surface area contributed by atoms with E-state index in [9.17, 15) is 19.3 Å². The monoisotopic (exact) mass is 1190 g/mol. The van der Waals surface area contributed by atoms with Gasteiger partial charge in [-0.15, -0.1) is 4.91 Å². The summed E-state index contributed by atoms with van der Waals surface area (Å²) in [5, 5.41) is 10.4. The minimum atomic E-state index is -0.473. The van der Waals surface area contributed by atoms with E-state index in [1.165, 1.54) is 65.9 Å². The number of hydrogen-bond donors (Lipinski definition) is 3. The van der Waals surface area contributed by atoms with Gasteiger partial charge >= 0.3 is 12.1 Å². The van der Waals surface area contributed by atoms with Crippen molar-refractivity contribution in [3.63, 3.8) is 0 Å². The van der Waals surface area contributed by atoms with E-state index in [-0.39, 0.29) is 53.3 Å². The van der Waals surface area contributed by atoms with Crippen molar-refractivity contribution in [3.05, 3.63) is 98.9 Å². The summed E-state index contributed by atoms with van der Waals surface area (Å²) in [4.78, 5) is 57.8. The van der Waals surface area contributed by atoms with E-state index >= 15 is 0 Å². The number of nitrogens with zero attached hydrogens (tertiary/aromatic N) is 5. The number of halogens is 2. The predicted molar refractivity (Wildman–Crippen MR) is 327 cm³/mol. The summed E-state index contributed by atoms with van der Waals surface area (Å²) in [6.45, 7) is 18.2. The zero-order valence-electron chi connectivity index (χ0n) is 50.6. The van der Waals surface area contributed by atoms with Crippen molar-refractivity contribution < 1.29 is 47.5 Å². The van der Waals surface area contributed by atoms with Crippen molar-refractivity contribution in [3.8, 4) is 34.5 Å². The topological polar surface area (TPSA) is 208 Å². The second-order valence-corrected chi connectivity index (χ2v) is 24.8. The summed E-state index contributed by atoms with van der Waals surface area (Å²) < 4.78 is 36.9. The van der Waals surface area contributed by atoms with E-state index in [4.69, 9.17) is 62.1 Å². The van der Waals surface area contributed by atoms with Crippen molar-refractivity contribution in [1.29, 1.82) is 0 Å². The number of nitrogens with two attached hydrogens (primary N) is 1. The number of carbonyl (C=O) groups excluding carboxylic acids is 3. The highest BCUT2D eigenvalue weighted by Gasteiger charge is 2.42. The molecule has 4 atom stereocenters.